The van der Waals surface area contributed by atoms with E-state index in [2.05, 4.69) is 26.1 Å². The van der Waals surface area contributed by atoms with E-state index in [4.69, 9.17) is 4.74 Å². The average Bonchev–Trinajstić information content (AvgIpc) is 3.02. The highest BCUT2D eigenvalue weighted by atomic mass is 32.2. The van der Waals surface area contributed by atoms with Crippen LogP contribution in [-0.2, 0) is 4.79 Å². The van der Waals surface area contributed by atoms with Gasteiger partial charge < -0.3 is 15.4 Å². The summed E-state index contributed by atoms with van der Waals surface area (Å²) in [6.07, 6.45) is 0. The predicted molar refractivity (Wildman–Crippen MR) is 98.7 cm³/mol. The lowest BCUT2D eigenvalue weighted by atomic mass is 10.3. The monoisotopic (exact) mass is 381 g/mol. The Morgan fingerprint density at radius 1 is 1.36 bits per heavy atom. The summed E-state index contributed by atoms with van der Waals surface area (Å²) in [6.45, 7) is 3.94. The van der Waals surface area contributed by atoms with Gasteiger partial charge >= 0.3 is 6.03 Å². The third-order valence-corrected chi connectivity index (χ3v) is 4.97. The fraction of sp³-hybridized carbons (Fsp3) is 0.333. The maximum Gasteiger partial charge on any atom is 0.321 e. The van der Waals surface area contributed by atoms with Gasteiger partial charge in [0.25, 0.3) is 0 Å². The standard InChI is InChI=1S/C15H19N5O3S2/c1-4-16-13(22)18-12(21)9(2)24-15-20-19-14(25-15)17-10-6-5-7-11(8-10)23-3/h5-9H,4H2,1-3H3,(H,17,19)(H2,16,18,21,22). The van der Waals surface area contributed by atoms with E-state index in [1.807, 2.05) is 24.3 Å². The van der Waals surface area contributed by atoms with Crippen molar-refractivity contribution in [2.24, 2.45) is 0 Å². The molecule has 25 heavy (non-hydrogen) atoms. The number of carbonyl (C=O) groups excluding carboxylic acids is 2. The second-order valence-electron chi connectivity index (χ2n) is 4.84. The van der Waals surface area contributed by atoms with Crippen LogP contribution >= 0.6 is 23.1 Å². The predicted octanol–water partition coefficient (Wildman–Crippen LogP) is 2.62. The van der Waals surface area contributed by atoms with E-state index in [-0.39, 0.29) is 5.91 Å². The van der Waals surface area contributed by atoms with E-state index in [0.29, 0.717) is 16.0 Å². The molecule has 3 N–H and O–H groups in total. The quantitative estimate of drug-likeness (QED) is 0.633. The van der Waals surface area contributed by atoms with Crippen molar-refractivity contribution in [3.05, 3.63) is 24.3 Å². The van der Waals surface area contributed by atoms with Crippen molar-refractivity contribution in [1.82, 2.24) is 20.8 Å². The molecule has 0 spiro atoms. The Balaban J connectivity index is 1.92. The molecule has 0 aliphatic heterocycles. The Kier molecular flexibility index (Phi) is 7.02. The summed E-state index contributed by atoms with van der Waals surface area (Å²) in [7, 11) is 1.60. The lowest BCUT2D eigenvalue weighted by Crippen LogP contribution is -2.42. The van der Waals surface area contributed by atoms with E-state index in [9.17, 15) is 9.59 Å². The summed E-state index contributed by atoms with van der Waals surface area (Å²) in [5.41, 5.74) is 0.828. The van der Waals surface area contributed by atoms with Crippen LogP contribution in [0.1, 0.15) is 13.8 Å². The first kappa shape index (κ1) is 19.0. The van der Waals surface area contributed by atoms with Crippen molar-refractivity contribution in [3.8, 4) is 5.75 Å². The number of imide groups is 1. The third-order valence-electron chi connectivity index (χ3n) is 2.95. The maximum absolute atomic E-state index is 11.9. The number of methoxy groups -OCH3 is 1. The van der Waals surface area contributed by atoms with E-state index in [1.54, 1.807) is 21.0 Å². The number of aromatic nitrogens is 2. The van der Waals surface area contributed by atoms with Crippen LogP contribution in [0.4, 0.5) is 15.6 Å². The summed E-state index contributed by atoms with van der Waals surface area (Å²) in [6, 6.07) is 6.95. The zero-order chi connectivity index (χ0) is 18.2. The van der Waals surface area contributed by atoms with Crippen LogP contribution < -0.4 is 20.7 Å². The topological polar surface area (TPSA) is 105 Å². The van der Waals surface area contributed by atoms with Gasteiger partial charge in [0, 0.05) is 18.3 Å². The van der Waals surface area contributed by atoms with E-state index in [1.165, 1.54) is 23.1 Å². The second kappa shape index (κ2) is 9.23. The Labute approximate surface area is 153 Å². The number of nitrogens with one attached hydrogen (secondary N) is 3. The van der Waals surface area contributed by atoms with Crippen molar-refractivity contribution < 1.29 is 14.3 Å². The minimum absolute atomic E-state index is 0.381. The molecular formula is C15H19N5O3S2. The first-order valence-electron chi connectivity index (χ1n) is 7.51. The van der Waals surface area contributed by atoms with Gasteiger partial charge in [-0.1, -0.05) is 29.2 Å². The molecule has 1 atom stereocenters. The maximum atomic E-state index is 11.9. The molecule has 0 fully saturated rings. The molecule has 0 aliphatic carbocycles. The molecule has 2 rings (SSSR count). The number of benzene rings is 1. The van der Waals surface area contributed by atoms with Gasteiger partial charge in [-0.05, 0) is 26.0 Å². The van der Waals surface area contributed by atoms with Gasteiger partial charge in [-0.25, -0.2) is 4.79 Å². The molecule has 134 valence electrons. The van der Waals surface area contributed by atoms with Gasteiger partial charge in [-0.3, -0.25) is 10.1 Å². The number of nitrogens with zero attached hydrogens (tertiary/aromatic N) is 2. The minimum Gasteiger partial charge on any atom is -0.497 e. The zero-order valence-corrected chi connectivity index (χ0v) is 15.7. The van der Waals surface area contributed by atoms with Gasteiger partial charge in [0.2, 0.25) is 11.0 Å². The van der Waals surface area contributed by atoms with Crippen molar-refractivity contribution in [1.29, 1.82) is 0 Å². The molecule has 0 radical (unpaired) electrons. The molecule has 1 aromatic heterocycles. The van der Waals surface area contributed by atoms with Gasteiger partial charge in [0.1, 0.15) is 5.75 Å². The number of urea groups is 1. The molecular weight excluding hydrogens is 362 g/mol. The van der Waals surface area contributed by atoms with Crippen molar-refractivity contribution in [2.75, 3.05) is 19.0 Å². The van der Waals surface area contributed by atoms with Gasteiger partial charge in [-0.15, -0.1) is 10.2 Å². The highest BCUT2D eigenvalue weighted by Gasteiger charge is 2.19. The minimum atomic E-state index is -0.502. The summed E-state index contributed by atoms with van der Waals surface area (Å²) in [5, 5.41) is 16.2. The van der Waals surface area contributed by atoms with Crippen LogP contribution in [0.2, 0.25) is 0 Å². The second-order valence-corrected chi connectivity index (χ2v) is 7.40. The Bertz CT molecular complexity index is 737. The number of amides is 3. The average molecular weight is 381 g/mol. The fourth-order valence-electron chi connectivity index (χ4n) is 1.76. The summed E-state index contributed by atoms with van der Waals surface area (Å²) >= 11 is 2.56. The highest BCUT2D eigenvalue weighted by Crippen LogP contribution is 2.31. The van der Waals surface area contributed by atoms with Gasteiger partial charge in [0.15, 0.2) is 4.34 Å². The zero-order valence-electron chi connectivity index (χ0n) is 14.0. The van der Waals surface area contributed by atoms with Crippen LogP contribution in [-0.4, -0.2) is 41.0 Å². The highest BCUT2D eigenvalue weighted by molar-refractivity contribution is 8.02. The molecule has 0 aliphatic rings. The SMILES string of the molecule is CCNC(=O)NC(=O)C(C)Sc1nnc(Nc2cccc(OC)c2)s1. The van der Waals surface area contributed by atoms with Crippen molar-refractivity contribution in [2.45, 2.75) is 23.4 Å². The summed E-state index contributed by atoms with van der Waals surface area (Å²) < 4.78 is 5.80. The molecule has 0 saturated carbocycles. The number of thioether (sulfide) groups is 1. The molecule has 0 saturated heterocycles. The Morgan fingerprint density at radius 3 is 2.88 bits per heavy atom. The molecule has 2 aromatic rings. The Morgan fingerprint density at radius 2 is 2.16 bits per heavy atom. The Hall–Kier alpha value is -2.33. The largest absolute Gasteiger partial charge is 0.497 e. The molecule has 0 bridgehead atoms. The summed E-state index contributed by atoms with van der Waals surface area (Å²) in [5.74, 6) is 0.355. The van der Waals surface area contributed by atoms with Crippen molar-refractivity contribution in [3.63, 3.8) is 0 Å². The molecule has 1 heterocycles. The molecule has 1 unspecified atom stereocenters. The number of rotatable bonds is 7. The van der Waals surface area contributed by atoms with E-state index < -0.39 is 11.3 Å². The number of hydrogen-bond donors (Lipinski definition) is 3. The van der Waals surface area contributed by atoms with Crippen LogP contribution in [0, 0.1) is 0 Å². The first-order chi connectivity index (χ1) is 12.0. The van der Waals surface area contributed by atoms with Crippen LogP contribution in [0.5, 0.6) is 5.75 Å². The lowest BCUT2D eigenvalue weighted by Gasteiger charge is -2.09. The normalized spacial score (nSPS) is 11.5. The van der Waals surface area contributed by atoms with Crippen LogP contribution in [0.15, 0.2) is 28.6 Å². The number of anilines is 2. The fourth-order valence-corrected chi connectivity index (χ4v) is 3.67. The van der Waals surface area contributed by atoms with Gasteiger partial charge in [0.05, 0.1) is 12.4 Å². The molecule has 8 nitrogen and oxygen atoms in total. The number of carbonyl (C=O) groups is 2. The van der Waals surface area contributed by atoms with E-state index >= 15 is 0 Å². The van der Waals surface area contributed by atoms with Gasteiger partial charge in [-0.2, -0.15) is 0 Å². The van der Waals surface area contributed by atoms with Crippen LogP contribution in [0.25, 0.3) is 0 Å². The first-order valence-corrected chi connectivity index (χ1v) is 9.21. The molecule has 10 heteroatoms. The molecule has 1 aromatic carbocycles. The molecule has 3 amide bonds. The smallest absolute Gasteiger partial charge is 0.321 e. The third kappa shape index (κ3) is 5.91. The van der Waals surface area contributed by atoms with Crippen LogP contribution in [0.3, 0.4) is 0 Å². The van der Waals surface area contributed by atoms with E-state index in [0.717, 1.165) is 11.4 Å². The van der Waals surface area contributed by atoms with Crippen molar-refractivity contribution >= 4 is 45.9 Å². The lowest BCUT2D eigenvalue weighted by molar-refractivity contribution is -0.119. The summed E-state index contributed by atoms with van der Waals surface area (Å²) in [4.78, 5) is 23.3. The number of ether oxygens (including phenoxy) is 1. The number of hydrogen-bond acceptors (Lipinski definition) is 8.